The van der Waals surface area contributed by atoms with Gasteiger partial charge in [-0.15, -0.1) is 0 Å². The number of nitrogens with zero attached hydrogens (tertiary/aromatic N) is 3. The highest BCUT2D eigenvalue weighted by molar-refractivity contribution is 5.82. The molecule has 0 spiro atoms. The number of nitriles is 1. The molecule has 1 amide bonds. The van der Waals surface area contributed by atoms with Crippen molar-refractivity contribution in [3.8, 4) is 6.07 Å². The molecule has 1 saturated heterocycles. The fraction of sp³-hybridized carbons (Fsp3) is 0.882. The summed E-state index contributed by atoms with van der Waals surface area (Å²) in [7, 11) is 4.05. The number of likely N-dealkylation sites (N-methyl/N-ethyl adjacent to an activating group) is 1. The van der Waals surface area contributed by atoms with Gasteiger partial charge in [0.05, 0.1) is 24.8 Å². The molecule has 1 aliphatic heterocycles. The van der Waals surface area contributed by atoms with Gasteiger partial charge in [-0.25, -0.2) is 0 Å². The average Bonchev–Trinajstić information content (AvgIpc) is 2.54. The summed E-state index contributed by atoms with van der Waals surface area (Å²) in [5, 5.41) is 12.6. The summed E-state index contributed by atoms with van der Waals surface area (Å²) in [6.07, 6.45) is 4.87. The van der Waals surface area contributed by atoms with Gasteiger partial charge in [-0.2, -0.15) is 5.26 Å². The molecule has 1 N–H and O–H groups in total. The maximum Gasteiger partial charge on any atom is 0.238 e. The summed E-state index contributed by atoms with van der Waals surface area (Å²) in [4.78, 5) is 16.9. The predicted molar refractivity (Wildman–Crippen MR) is 88.9 cm³/mol. The van der Waals surface area contributed by atoms with Crippen LogP contribution in [0.25, 0.3) is 0 Å². The van der Waals surface area contributed by atoms with Crippen molar-refractivity contribution < 1.29 is 9.53 Å². The molecule has 2 aliphatic rings. The molecule has 2 rings (SSSR count). The Morgan fingerprint density at radius 3 is 2.74 bits per heavy atom. The number of hydrogen-bond acceptors (Lipinski definition) is 5. The van der Waals surface area contributed by atoms with Crippen LogP contribution in [0.15, 0.2) is 0 Å². The zero-order valence-corrected chi connectivity index (χ0v) is 14.7. The number of hydrogen-bond donors (Lipinski definition) is 1. The molecule has 1 saturated carbocycles. The Hall–Kier alpha value is -1.16. The SMILES string of the molecule is C[C@@H](C(=O)NC1(C#N)CCCCC1)N1CCO[C@H](CN(C)C)C1. The van der Waals surface area contributed by atoms with Crippen LogP contribution in [0.2, 0.25) is 0 Å². The van der Waals surface area contributed by atoms with Gasteiger partial charge in [-0.1, -0.05) is 19.3 Å². The highest BCUT2D eigenvalue weighted by Crippen LogP contribution is 2.27. The minimum Gasteiger partial charge on any atom is -0.374 e. The molecule has 2 fully saturated rings. The second-order valence-electron chi connectivity index (χ2n) is 7.17. The van der Waals surface area contributed by atoms with Gasteiger partial charge in [0.2, 0.25) is 5.91 Å². The van der Waals surface area contributed by atoms with Crippen LogP contribution in [0.5, 0.6) is 0 Å². The van der Waals surface area contributed by atoms with Crippen molar-refractivity contribution in [1.29, 1.82) is 5.26 Å². The third-order valence-electron chi connectivity index (χ3n) is 4.95. The van der Waals surface area contributed by atoms with Gasteiger partial charge in [0.25, 0.3) is 0 Å². The number of carbonyl (C=O) groups is 1. The lowest BCUT2D eigenvalue weighted by molar-refractivity contribution is -0.131. The van der Waals surface area contributed by atoms with Crippen molar-refractivity contribution in [2.75, 3.05) is 40.3 Å². The van der Waals surface area contributed by atoms with Crippen LogP contribution in [0.4, 0.5) is 0 Å². The van der Waals surface area contributed by atoms with Gasteiger partial charge in [0.15, 0.2) is 0 Å². The topological polar surface area (TPSA) is 68.6 Å². The van der Waals surface area contributed by atoms with Gasteiger partial charge in [0, 0.05) is 19.6 Å². The number of carbonyl (C=O) groups excluding carboxylic acids is 1. The number of nitrogens with one attached hydrogen (secondary N) is 1. The molecule has 0 aromatic rings. The van der Waals surface area contributed by atoms with Crippen molar-refractivity contribution in [2.45, 2.75) is 56.7 Å². The lowest BCUT2D eigenvalue weighted by Crippen LogP contribution is -2.58. The first-order valence-electron chi connectivity index (χ1n) is 8.69. The van der Waals surface area contributed by atoms with E-state index in [-0.39, 0.29) is 18.1 Å². The second-order valence-corrected chi connectivity index (χ2v) is 7.17. The lowest BCUT2D eigenvalue weighted by atomic mass is 9.82. The van der Waals surface area contributed by atoms with Gasteiger partial charge in [-0.05, 0) is 33.9 Å². The standard InChI is InChI=1S/C17H30N4O2/c1-14(21-9-10-23-15(12-21)11-20(2)3)16(22)19-17(13-18)7-5-4-6-8-17/h14-15H,4-12H2,1-3H3,(H,19,22)/t14-,15+/m0/s1. The Kier molecular flexibility index (Phi) is 6.40. The van der Waals surface area contributed by atoms with Crippen LogP contribution in [0.1, 0.15) is 39.0 Å². The quantitative estimate of drug-likeness (QED) is 0.817. The second kappa shape index (κ2) is 8.09. The smallest absolute Gasteiger partial charge is 0.238 e. The molecule has 1 heterocycles. The molecule has 6 nitrogen and oxygen atoms in total. The van der Waals surface area contributed by atoms with Gasteiger partial charge >= 0.3 is 0 Å². The molecule has 6 heteroatoms. The number of morpholine rings is 1. The van der Waals surface area contributed by atoms with E-state index in [1.807, 2.05) is 21.0 Å². The van der Waals surface area contributed by atoms with Crippen LogP contribution in [0, 0.1) is 11.3 Å². The van der Waals surface area contributed by atoms with Crippen LogP contribution in [-0.2, 0) is 9.53 Å². The molecular formula is C17H30N4O2. The Bertz CT molecular complexity index is 440. The van der Waals surface area contributed by atoms with Crippen molar-refractivity contribution in [2.24, 2.45) is 0 Å². The number of rotatable bonds is 5. The minimum absolute atomic E-state index is 0.0287. The first-order valence-corrected chi connectivity index (χ1v) is 8.69. The first kappa shape index (κ1) is 18.2. The van der Waals surface area contributed by atoms with Crippen LogP contribution < -0.4 is 5.32 Å². The molecule has 1 aliphatic carbocycles. The normalized spacial score (nSPS) is 26.5. The molecule has 0 unspecified atom stereocenters. The van der Waals surface area contributed by atoms with Gasteiger partial charge < -0.3 is 15.0 Å². The highest BCUT2D eigenvalue weighted by atomic mass is 16.5. The highest BCUT2D eigenvalue weighted by Gasteiger charge is 2.36. The number of amides is 1. The van der Waals surface area contributed by atoms with E-state index < -0.39 is 5.54 Å². The largest absolute Gasteiger partial charge is 0.374 e. The Morgan fingerprint density at radius 1 is 1.43 bits per heavy atom. The molecular weight excluding hydrogens is 292 g/mol. The first-order chi connectivity index (χ1) is 11.0. The molecule has 0 aromatic heterocycles. The Balaban J connectivity index is 1.92. The molecule has 2 atom stereocenters. The molecule has 0 radical (unpaired) electrons. The Labute approximate surface area is 139 Å². The van der Waals surface area contributed by atoms with Crippen molar-refractivity contribution in [3.05, 3.63) is 0 Å². The van der Waals surface area contributed by atoms with Crippen molar-refractivity contribution in [3.63, 3.8) is 0 Å². The van der Waals surface area contributed by atoms with E-state index in [1.165, 1.54) is 0 Å². The zero-order valence-electron chi connectivity index (χ0n) is 14.7. The molecule has 130 valence electrons. The summed E-state index contributed by atoms with van der Waals surface area (Å²) < 4.78 is 5.77. The van der Waals surface area contributed by atoms with E-state index in [4.69, 9.17) is 4.74 Å². The van der Waals surface area contributed by atoms with E-state index in [9.17, 15) is 10.1 Å². The monoisotopic (exact) mass is 322 g/mol. The lowest BCUT2D eigenvalue weighted by Gasteiger charge is -2.39. The fourth-order valence-corrected chi connectivity index (χ4v) is 3.54. The van der Waals surface area contributed by atoms with E-state index in [0.29, 0.717) is 6.61 Å². The molecule has 0 aromatic carbocycles. The maximum atomic E-state index is 12.6. The van der Waals surface area contributed by atoms with E-state index in [1.54, 1.807) is 0 Å². The van der Waals surface area contributed by atoms with Crippen molar-refractivity contribution in [1.82, 2.24) is 15.1 Å². The maximum absolute atomic E-state index is 12.6. The third kappa shape index (κ3) is 4.90. The summed E-state index contributed by atoms with van der Waals surface area (Å²) in [5.41, 5.74) is -0.654. The summed E-state index contributed by atoms with van der Waals surface area (Å²) >= 11 is 0. The fourth-order valence-electron chi connectivity index (χ4n) is 3.54. The summed E-state index contributed by atoms with van der Waals surface area (Å²) in [6, 6.07) is 2.13. The summed E-state index contributed by atoms with van der Waals surface area (Å²) in [6.45, 7) is 4.96. The van der Waals surface area contributed by atoms with Gasteiger partial charge in [0.1, 0.15) is 5.54 Å². The van der Waals surface area contributed by atoms with Crippen molar-refractivity contribution >= 4 is 5.91 Å². The average molecular weight is 322 g/mol. The van der Waals surface area contributed by atoms with Crippen LogP contribution >= 0.6 is 0 Å². The van der Waals surface area contributed by atoms with Gasteiger partial charge in [-0.3, -0.25) is 9.69 Å². The van der Waals surface area contributed by atoms with Crippen LogP contribution in [-0.4, -0.2) is 73.7 Å². The third-order valence-corrected chi connectivity index (χ3v) is 4.95. The van der Waals surface area contributed by atoms with Crippen LogP contribution in [0.3, 0.4) is 0 Å². The van der Waals surface area contributed by atoms with E-state index >= 15 is 0 Å². The van der Waals surface area contributed by atoms with E-state index in [2.05, 4.69) is 21.2 Å². The zero-order chi connectivity index (χ0) is 16.9. The molecule has 23 heavy (non-hydrogen) atoms. The van der Waals surface area contributed by atoms with E-state index in [0.717, 1.165) is 51.7 Å². The number of ether oxygens (including phenoxy) is 1. The molecule has 0 bridgehead atoms. The summed E-state index contributed by atoms with van der Waals surface area (Å²) in [5.74, 6) is -0.0287. The minimum atomic E-state index is -0.654. The Morgan fingerprint density at radius 2 is 2.13 bits per heavy atom. The predicted octanol–water partition coefficient (Wildman–Crippen LogP) is 0.980.